The summed E-state index contributed by atoms with van der Waals surface area (Å²) in [6.45, 7) is 0. The molecule has 0 aliphatic heterocycles. The van der Waals surface area contributed by atoms with E-state index in [0.29, 0.717) is 0 Å². The summed E-state index contributed by atoms with van der Waals surface area (Å²) >= 11 is 0. The van der Waals surface area contributed by atoms with Crippen molar-refractivity contribution in [2.75, 3.05) is 16.8 Å². The van der Waals surface area contributed by atoms with Crippen molar-refractivity contribution in [2.45, 2.75) is 0 Å². The summed E-state index contributed by atoms with van der Waals surface area (Å²) in [6.07, 6.45) is 0. The second kappa shape index (κ2) is 9.46. The minimum Gasteiger partial charge on any atom is -0.345 e. The first-order chi connectivity index (χ1) is 16.3. The van der Waals surface area contributed by atoms with E-state index < -0.39 is 0 Å². The van der Waals surface area contributed by atoms with Gasteiger partial charge in [-0.15, -0.1) is 0 Å². The molecule has 0 saturated heterocycles. The van der Waals surface area contributed by atoms with Gasteiger partial charge in [-0.1, -0.05) is 78.9 Å². The summed E-state index contributed by atoms with van der Waals surface area (Å²) in [5.41, 5.74) is 8.17. The van der Waals surface area contributed by atoms with Crippen LogP contribution < -0.4 is 9.80 Å². The zero-order chi connectivity index (χ0) is 22.5. The Morgan fingerprint density at radius 2 is 0.667 bits per heavy atom. The van der Waals surface area contributed by atoms with Gasteiger partial charge < -0.3 is 9.80 Å². The van der Waals surface area contributed by atoms with Gasteiger partial charge >= 0.3 is 0 Å². The summed E-state index contributed by atoms with van der Waals surface area (Å²) in [5, 5.41) is 0. The van der Waals surface area contributed by atoms with Gasteiger partial charge in [0.2, 0.25) is 0 Å². The molecule has 2 heteroatoms. The topological polar surface area (TPSA) is 6.48 Å². The van der Waals surface area contributed by atoms with Crippen molar-refractivity contribution in [3.8, 4) is 11.1 Å². The number of nitrogens with zero attached hydrogens (tertiary/aromatic N) is 2. The largest absolute Gasteiger partial charge is 0.345 e. The van der Waals surface area contributed by atoms with Crippen molar-refractivity contribution in [2.24, 2.45) is 0 Å². The third-order valence-corrected chi connectivity index (χ3v) is 5.89. The first-order valence-corrected chi connectivity index (χ1v) is 11.2. The lowest BCUT2D eigenvalue weighted by Crippen LogP contribution is -2.11. The van der Waals surface area contributed by atoms with E-state index in [1.165, 1.54) is 11.1 Å². The molecule has 0 radical (unpaired) electrons. The second-order valence-electron chi connectivity index (χ2n) is 7.99. The molecule has 0 spiro atoms. The van der Waals surface area contributed by atoms with Gasteiger partial charge in [0.15, 0.2) is 0 Å². The zero-order valence-corrected chi connectivity index (χ0v) is 18.7. The molecule has 0 atom stereocenters. The molecule has 0 heterocycles. The number of rotatable bonds is 6. The third-order valence-electron chi connectivity index (χ3n) is 5.89. The lowest BCUT2D eigenvalue weighted by molar-refractivity contribution is 1.20. The lowest BCUT2D eigenvalue weighted by atomic mass is 10.1. The molecule has 5 rings (SSSR count). The predicted molar refractivity (Wildman–Crippen MR) is 141 cm³/mol. The van der Waals surface area contributed by atoms with Crippen LogP contribution >= 0.6 is 0 Å². The molecule has 0 bridgehead atoms. The highest BCUT2D eigenvalue weighted by molar-refractivity contribution is 5.78. The van der Waals surface area contributed by atoms with E-state index in [9.17, 15) is 0 Å². The molecule has 5 aromatic rings. The van der Waals surface area contributed by atoms with Gasteiger partial charge in [0.25, 0.3) is 0 Å². The molecule has 0 amide bonds. The van der Waals surface area contributed by atoms with Crippen LogP contribution in [0.4, 0.5) is 28.4 Å². The molecule has 0 unspecified atom stereocenters. The standard InChI is InChI=1S/C31H26N2/c1-32(27-19-17-26(18-20-27)25-11-5-2-6-12-25)28-21-23-31(24-22-28)33(29-13-7-3-8-14-29)30-15-9-4-10-16-30/h2-24H,1H3. The highest BCUT2D eigenvalue weighted by Gasteiger charge is 2.12. The van der Waals surface area contributed by atoms with Crippen LogP contribution in [0.5, 0.6) is 0 Å². The lowest BCUT2D eigenvalue weighted by Gasteiger charge is -2.26. The highest BCUT2D eigenvalue weighted by atomic mass is 15.1. The Kier molecular flexibility index (Phi) is 5.90. The van der Waals surface area contributed by atoms with Crippen LogP contribution in [0.1, 0.15) is 0 Å². The number of hydrogen-bond acceptors (Lipinski definition) is 2. The van der Waals surface area contributed by atoms with Crippen molar-refractivity contribution in [1.82, 2.24) is 0 Å². The summed E-state index contributed by atoms with van der Waals surface area (Å²) in [4.78, 5) is 4.49. The molecule has 33 heavy (non-hydrogen) atoms. The molecule has 0 N–H and O–H groups in total. The summed E-state index contributed by atoms with van der Waals surface area (Å²) in [7, 11) is 2.11. The zero-order valence-electron chi connectivity index (χ0n) is 18.7. The van der Waals surface area contributed by atoms with Gasteiger partial charge in [-0.2, -0.15) is 0 Å². The third kappa shape index (κ3) is 4.51. The molecule has 0 fully saturated rings. The molecule has 0 saturated carbocycles. The molecule has 0 aliphatic carbocycles. The number of para-hydroxylation sites is 2. The van der Waals surface area contributed by atoms with Crippen molar-refractivity contribution in [1.29, 1.82) is 0 Å². The van der Waals surface area contributed by atoms with E-state index in [1.54, 1.807) is 0 Å². The minimum absolute atomic E-state index is 1.13. The van der Waals surface area contributed by atoms with Gasteiger partial charge in [0.1, 0.15) is 0 Å². The van der Waals surface area contributed by atoms with E-state index in [4.69, 9.17) is 0 Å². The smallest absolute Gasteiger partial charge is 0.0463 e. The molecule has 0 aromatic heterocycles. The maximum absolute atomic E-state index is 2.28. The molecular weight excluding hydrogens is 400 g/mol. The highest BCUT2D eigenvalue weighted by Crippen LogP contribution is 2.36. The second-order valence-corrected chi connectivity index (χ2v) is 7.99. The van der Waals surface area contributed by atoms with E-state index in [2.05, 4.69) is 138 Å². The van der Waals surface area contributed by atoms with Crippen molar-refractivity contribution in [3.63, 3.8) is 0 Å². The van der Waals surface area contributed by atoms with Gasteiger partial charge in [0.05, 0.1) is 0 Å². The summed E-state index contributed by atoms with van der Waals surface area (Å²) in [5.74, 6) is 0. The first kappa shape index (κ1) is 20.6. The van der Waals surface area contributed by atoms with E-state index in [-0.39, 0.29) is 0 Å². The Morgan fingerprint density at radius 1 is 0.333 bits per heavy atom. The Labute approximate surface area is 196 Å². The first-order valence-electron chi connectivity index (χ1n) is 11.2. The average Bonchev–Trinajstić information content (AvgIpc) is 2.91. The average molecular weight is 427 g/mol. The van der Waals surface area contributed by atoms with Gasteiger partial charge in [-0.25, -0.2) is 0 Å². The molecular formula is C31H26N2. The van der Waals surface area contributed by atoms with E-state index >= 15 is 0 Å². The van der Waals surface area contributed by atoms with Crippen LogP contribution in [0.2, 0.25) is 0 Å². The van der Waals surface area contributed by atoms with Crippen LogP contribution in [0.3, 0.4) is 0 Å². The molecule has 2 nitrogen and oxygen atoms in total. The van der Waals surface area contributed by atoms with Crippen molar-refractivity contribution >= 4 is 28.4 Å². The van der Waals surface area contributed by atoms with Crippen molar-refractivity contribution < 1.29 is 0 Å². The fraction of sp³-hybridized carbons (Fsp3) is 0.0323. The predicted octanol–water partition coefficient (Wildman–Crippen LogP) is 8.59. The fourth-order valence-electron chi connectivity index (χ4n) is 4.08. The summed E-state index contributed by atoms with van der Waals surface area (Å²) < 4.78 is 0. The van der Waals surface area contributed by atoms with Crippen LogP contribution in [0, 0.1) is 0 Å². The van der Waals surface area contributed by atoms with Crippen LogP contribution in [-0.4, -0.2) is 7.05 Å². The quantitative estimate of drug-likeness (QED) is 0.268. The van der Waals surface area contributed by atoms with Crippen molar-refractivity contribution in [3.05, 3.63) is 140 Å². The Hall–Kier alpha value is -4.30. The van der Waals surface area contributed by atoms with Crippen LogP contribution in [0.15, 0.2) is 140 Å². The van der Waals surface area contributed by atoms with Gasteiger partial charge in [0, 0.05) is 35.5 Å². The fourth-order valence-corrected chi connectivity index (χ4v) is 4.08. The minimum atomic E-state index is 1.13. The normalized spacial score (nSPS) is 10.6. The molecule has 5 aromatic carbocycles. The number of benzene rings is 5. The van der Waals surface area contributed by atoms with Crippen LogP contribution in [-0.2, 0) is 0 Å². The summed E-state index contributed by atoms with van der Waals surface area (Å²) in [6, 6.07) is 48.9. The number of anilines is 5. The SMILES string of the molecule is CN(c1ccc(-c2ccccc2)cc1)c1ccc(N(c2ccccc2)c2ccccc2)cc1. The molecule has 0 aliphatic rings. The molecule has 160 valence electrons. The van der Waals surface area contributed by atoms with Gasteiger partial charge in [-0.05, 0) is 71.8 Å². The van der Waals surface area contributed by atoms with E-state index in [0.717, 1.165) is 28.4 Å². The van der Waals surface area contributed by atoms with Crippen LogP contribution in [0.25, 0.3) is 11.1 Å². The maximum Gasteiger partial charge on any atom is 0.0463 e. The maximum atomic E-state index is 2.28. The number of hydrogen-bond donors (Lipinski definition) is 0. The Balaban J connectivity index is 1.41. The Morgan fingerprint density at radius 3 is 1.15 bits per heavy atom. The monoisotopic (exact) mass is 426 g/mol. The van der Waals surface area contributed by atoms with E-state index in [1.807, 2.05) is 18.2 Å². The Bertz CT molecular complexity index is 1240. The van der Waals surface area contributed by atoms with Gasteiger partial charge in [-0.3, -0.25) is 0 Å².